The second-order valence-electron chi connectivity index (χ2n) is 8.03. The van der Waals surface area contributed by atoms with Crippen LogP contribution in [0.1, 0.15) is 15.9 Å². The maximum absolute atomic E-state index is 12.6. The third kappa shape index (κ3) is 6.57. The van der Waals surface area contributed by atoms with Gasteiger partial charge in [0.05, 0.1) is 12.7 Å². The number of hydrogen-bond donors (Lipinski definition) is 2. The molecule has 3 aromatic carbocycles. The number of rotatable bonds is 9. The monoisotopic (exact) mass is 517 g/mol. The summed E-state index contributed by atoms with van der Waals surface area (Å²) in [6.07, 6.45) is 6.51. The van der Waals surface area contributed by atoms with Gasteiger partial charge in [-0.15, -0.1) is 0 Å². The van der Waals surface area contributed by atoms with Gasteiger partial charge in [0.1, 0.15) is 23.5 Å². The summed E-state index contributed by atoms with van der Waals surface area (Å²) in [6, 6.07) is 25.2. The van der Waals surface area contributed by atoms with E-state index in [0.717, 1.165) is 11.3 Å². The van der Waals surface area contributed by atoms with E-state index in [-0.39, 0.29) is 0 Å². The van der Waals surface area contributed by atoms with E-state index in [1.165, 1.54) is 13.4 Å². The lowest BCUT2D eigenvalue weighted by molar-refractivity contribution is 0.0734. The van der Waals surface area contributed by atoms with Crippen molar-refractivity contribution in [1.29, 1.82) is 0 Å². The zero-order valence-electron chi connectivity index (χ0n) is 20.9. The largest absolute Gasteiger partial charge is 0.496 e. The van der Waals surface area contributed by atoms with Crippen molar-refractivity contribution in [3.05, 3.63) is 115 Å². The number of ether oxygens (including phenoxy) is 2. The lowest BCUT2D eigenvalue weighted by atomic mass is 10.1. The molecule has 10 nitrogen and oxygen atoms in total. The zero-order chi connectivity index (χ0) is 26.9. The highest BCUT2D eigenvalue weighted by molar-refractivity contribution is 5.92. The Hall–Kier alpha value is -5.64. The first-order chi connectivity index (χ1) is 19.2. The second-order valence-corrected chi connectivity index (χ2v) is 8.03. The number of hydrogen-bond acceptors (Lipinski definition) is 10. The number of para-hydroxylation sites is 2. The maximum atomic E-state index is 12.6. The number of esters is 1. The molecule has 5 aromatic rings. The van der Waals surface area contributed by atoms with Crippen LogP contribution in [0, 0.1) is 0 Å². The minimum atomic E-state index is -0.478. The van der Waals surface area contributed by atoms with Gasteiger partial charge in [0, 0.05) is 23.6 Å². The molecule has 192 valence electrons. The van der Waals surface area contributed by atoms with Gasteiger partial charge in [-0.3, -0.25) is 0 Å². The molecule has 0 fully saturated rings. The minimum absolute atomic E-state index is 0.301. The molecule has 2 N–H and O–H groups in total. The second kappa shape index (κ2) is 12.1. The van der Waals surface area contributed by atoms with Crippen LogP contribution in [-0.4, -0.2) is 38.0 Å². The van der Waals surface area contributed by atoms with Crippen molar-refractivity contribution < 1.29 is 14.3 Å². The summed E-state index contributed by atoms with van der Waals surface area (Å²) in [4.78, 5) is 34.2. The van der Waals surface area contributed by atoms with E-state index in [1.807, 2.05) is 36.4 Å². The molecule has 2 aromatic heterocycles. The predicted molar refractivity (Wildman–Crippen MR) is 148 cm³/mol. The fourth-order valence-electron chi connectivity index (χ4n) is 3.52. The van der Waals surface area contributed by atoms with E-state index in [2.05, 4.69) is 35.6 Å². The molecule has 0 aliphatic heterocycles. The van der Waals surface area contributed by atoms with Crippen LogP contribution in [0.15, 0.2) is 104 Å². The number of carbonyl (C=O) groups is 1. The SMILES string of the molecule is COc1cc(C(=O)Oc2ccccc2)ccc1/C=C/Nc1nc(Nc2ccccc2)nc(-c2ccncn2)n1. The van der Waals surface area contributed by atoms with Crippen LogP contribution in [-0.2, 0) is 0 Å². The standard InChI is InChI=1S/C29H23N7O3/c1-38-25-18-21(27(37)39-23-10-6-3-7-11-23)13-12-20(25)14-17-31-28-34-26(24-15-16-30-19-32-24)35-29(36-28)33-22-8-4-2-5-9-22/h2-19H,1H3,(H2,31,33,34,35,36)/b17-14+. The van der Waals surface area contributed by atoms with Crippen LogP contribution in [0.5, 0.6) is 11.5 Å². The van der Waals surface area contributed by atoms with Crippen molar-refractivity contribution in [3.63, 3.8) is 0 Å². The van der Waals surface area contributed by atoms with Crippen molar-refractivity contribution in [2.45, 2.75) is 0 Å². The number of methoxy groups -OCH3 is 1. The molecule has 5 rings (SSSR count). The number of anilines is 3. The Morgan fingerprint density at radius 2 is 1.64 bits per heavy atom. The highest BCUT2D eigenvalue weighted by atomic mass is 16.5. The lowest BCUT2D eigenvalue weighted by Gasteiger charge is -2.09. The van der Waals surface area contributed by atoms with Gasteiger partial charge >= 0.3 is 5.97 Å². The van der Waals surface area contributed by atoms with Gasteiger partial charge in [0.2, 0.25) is 11.9 Å². The molecule has 0 radical (unpaired) electrons. The summed E-state index contributed by atoms with van der Waals surface area (Å²) < 4.78 is 10.9. The normalized spacial score (nSPS) is 10.7. The van der Waals surface area contributed by atoms with Crippen molar-refractivity contribution in [1.82, 2.24) is 24.9 Å². The fraction of sp³-hybridized carbons (Fsp3) is 0.0345. The molecule has 0 aliphatic rings. The first-order valence-electron chi connectivity index (χ1n) is 11.9. The Balaban J connectivity index is 1.35. The minimum Gasteiger partial charge on any atom is -0.496 e. The average Bonchev–Trinajstić information content (AvgIpc) is 2.98. The van der Waals surface area contributed by atoms with E-state index in [9.17, 15) is 4.79 Å². The van der Waals surface area contributed by atoms with Crippen LogP contribution in [0.25, 0.3) is 17.6 Å². The van der Waals surface area contributed by atoms with Crippen molar-refractivity contribution in [2.24, 2.45) is 0 Å². The summed E-state index contributed by atoms with van der Waals surface area (Å²) >= 11 is 0. The van der Waals surface area contributed by atoms with Crippen molar-refractivity contribution >= 4 is 29.6 Å². The molecule has 0 bridgehead atoms. The zero-order valence-corrected chi connectivity index (χ0v) is 20.9. The van der Waals surface area contributed by atoms with Crippen molar-refractivity contribution in [2.75, 3.05) is 17.7 Å². The molecule has 10 heteroatoms. The topological polar surface area (TPSA) is 124 Å². The number of nitrogens with one attached hydrogen (secondary N) is 2. The molecule has 0 spiro atoms. The Bertz CT molecular complexity index is 1580. The Kier molecular flexibility index (Phi) is 7.74. The molecular formula is C29H23N7O3. The molecule has 39 heavy (non-hydrogen) atoms. The van der Waals surface area contributed by atoms with Crippen molar-refractivity contribution in [3.8, 4) is 23.0 Å². The van der Waals surface area contributed by atoms with E-state index < -0.39 is 5.97 Å². The Labute approximate surface area is 224 Å². The van der Waals surface area contributed by atoms with Crippen LogP contribution in [0.3, 0.4) is 0 Å². The van der Waals surface area contributed by atoms with Crippen LogP contribution < -0.4 is 20.1 Å². The van der Waals surface area contributed by atoms with Gasteiger partial charge in [0.25, 0.3) is 0 Å². The highest BCUT2D eigenvalue weighted by Crippen LogP contribution is 2.24. The first-order valence-corrected chi connectivity index (χ1v) is 11.9. The lowest BCUT2D eigenvalue weighted by Crippen LogP contribution is -2.08. The molecule has 0 saturated carbocycles. The smallest absolute Gasteiger partial charge is 0.343 e. The third-order valence-corrected chi connectivity index (χ3v) is 5.37. The Morgan fingerprint density at radius 3 is 2.38 bits per heavy atom. The molecule has 0 atom stereocenters. The van der Waals surface area contributed by atoms with Gasteiger partial charge in [-0.05, 0) is 48.5 Å². The third-order valence-electron chi connectivity index (χ3n) is 5.37. The summed E-state index contributed by atoms with van der Waals surface area (Å²) in [5.74, 6) is 1.51. The molecule has 0 amide bonds. The average molecular weight is 518 g/mol. The summed E-state index contributed by atoms with van der Waals surface area (Å²) in [5, 5.41) is 6.26. The van der Waals surface area contributed by atoms with Gasteiger partial charge < -0.3 is 20.1 Å². The molecule has 0 unspecified atom stereocenters. The Morgan fingerprint density at radius 1 is 0.872 bits per heavy atom. The summed E-state index contributed by atoms with van der Waals surface area (Å²) in [6.45, 7) is 0. The fourth-order valence-corrected chi connectivity index (χ4v) is 3.52. The van der Waals surface area contributed by atoms with Gasteiger partial charge in [0.15, 0.2) is 5.82 Å². The van der Waals surface area contributed by atoms with Crippen LogP contribution in [0.2, 0.25) is 0 Å². The molecule has 0 saturated heterocycles. The summed E-state index contributed by atoms with van der Waals surface area (Å²) in [5.41, 5.74) is 2.48. The van der Waals surface area contributed by atoms with E-state index in [4.69, 9.17) is 9.47 Å². The van der Waals surface area contributed by atoms with Gasteiger partial charge in [-0.1, -0.05) is 42.5 Å². The summed E-state index contributed by atoms with van der Waals surface area (Å²) in [7, 11) is 1.54. The number of benzene rings is 3. The predicted octanol–water partition coefficient (Wildman–Crippen LogP) is 5.38. The first kappa shape index (κ1) is 25.0. The number of carbonyl (C=O) groups excluding carboxylic acids is 1. The molecule has 0 aliphatic carbocycles. The number of aromatic nitrogens is 5. The number of nitrogens with zero attached hydrogens (tertiary/aromatic N) is 5. The van der Waals surface area contributed by atoms with E-state index in [0.29, 0.717) is 40.5 Å². The van der Waals surface area contributed by atoms with Gasteiger partial charge in [-0.2, -0.15) is 15.0 Å². The highest BCUT2D eigenvalue weighted by Gasteiger charge is 2.12. The van der Waals surface area contributed by atoms with E-state index in [1.54, 1.807) is 67.0 Å². The molecule has 2 heterocycles. The quantitative estimate of drug-likeness (QED) is 0.194. The van der Waals surface area contributed by atoms with E-state index >= 15 is 0 Å². The molecular weight excluding hydrogens is 494 g/mol. The van der Waals surface area contributed by atoms with Crippen LogP contribution in [0.4, 0.5) is 17.6 Å². The van der Waals surface area contributed by atoms with Crippen LogP contribution >= 0.6 is 0 Å². The maximum Gasteiger partial charge on any atom is 0.343 e. The van der Waals surface area contributed by atoms with Gasteiger partial charge in [-0.25, -0.2) is 14.8 Å².